The van der Waals surface area contributed by atoms with Crippen molar-refractivity contribution in [3.05, 3.63) is 12.3 Å². The van der Waals surface area contributed by atoms with E-state index in [4.69, 9.17) is 9.47 Å². The van der Waals surface area contributed by atoms with Gasteiger partial charge in [0.2, 0.25) is 0 Å². The van der Waals surface area contributed by atoms with Crippen LogP contribution in [0.3, 0.4) is 0 Å². The van der Waals surface area contributed by atoms with Crippen LogP contribution in [0, 0.1) is 11.8 Å². The van der Waals surface area contributed by atoms with Crippen molar-refractivity contribution < 1.29 is 35.2 Å². The van der Waals surface area contributed by atoms with Crippen molar-refractivity contribution in [3.8, 4) is 0 Å². The normalized spacial score (nSPS) is 21.2. The molecule has 23 heavy (non-hydrogen) atoms. The monoisotopic (exact) mass is 360 g/mol. The number of halogens is 3. The Balaban J connectivity index is 2.66. The zero-order valence-corrected chi connectivity index (χ0v) is 14.1. The van der Waals surface area contributed by atoms with Gasteiger partial charge in [-0.2, -0.15) is 21.6 Å². The molecule has 1 rings (SSSR count). The van der Waals surface area contributed by atoms with Crippen LogP contribution >= 0.6 is 0 Å². The van der Waals surface area contributed by atoms with Gasteiger partial charge in [-0.1, -0.05) is 20.4 Å². The van der Waals surface area contributed by atoms with Crippen molar-refractivity contribution in [2.24, 2.45) is 11.8 Å². The van der Waals surface area contributed by atoms with Crippen molar-refractivity contribution in [3.63, 3.8) is 0 Å². The van der Waals surface area contributed by atoms with Crippen molar-refractivity contribution in [2.45, 2.75) is 51.3 Å². The minimum absolute atomic E-state index is 0.00490. The molecule has 2 unspecified atom stereocenters. The molecule has 0 amide bonds. The van der Waals surface area contributed by atoms with Gasteiger partial charge in [-0.15, -0.1) is 0 Å². The van der Waals surface area contributed by atoms with Gasteiger partial charge in [-0.05, 0) is 31.6 Å². The first-order chi connectivity index (χ1) is 10.5. The lowest BCUT2D eigenvalue weighted by atomic mass is 9.96. The van der Waals surface area contributed by atoms with E-state index in [1.165, 1.54) is 0 Å². The zero-order chi connectivity index (χ0) is 17.7. The molecule has 1 aliphatic heterocycles. The van der Waals surface area contributed by atoms with E-state index in [0.717, 1.165) is 12.8 Å². The van der Waals surface area contributed by atoms with Gasteiger partial charge in [0.15, 0.2) is 6.29 Å². The van der Waals surface area contributed by atoms with E-state index in [9.17, 15) is 21.6 Å². The molecule has 0 aromatic carbocycles. The molecule has 1 saturated heterocycles. The van der Waals surface area contributed by atoms with Crippen LogP contribution < -0.4 is 0 Å². The summed E-state index contributed by atoms with van der Waals surface area (Å²) in [6, 6.07) is 0. The van der Waals surface area contributed by atoms with Gasteiger partial charge < -0.3 is 13.7 Å². The topological polar surface area (TPSA) is 61.8 Å². The maximum Gasteiger partial charge on any atom is 0.534 e. The molecule has 1 fully saturated rings. The molecule has 5 nitrogen and oxygen atoms in total. The Morgan fingerprint density at radius 1 is 1.35 bits per heavy atom. The summed E-state index contributed by atoms with van der Waals surface area (Å²) in [5.74, 6) is -1.03. The molecule has 0 aromatic heterocycles. The van der Waals surface area contributed by atoms with E-state index in [-0.39, 0.29) is 12.5 Å². The van der Waals surface area contributed by atoms with E-state index >= 15 is 0 Å². The first kappa shape index (κ1) is 20.2. The third-order valence-corrected chi connectivity index (χ3v) is 4.33. The van der Waals surface area contributed by atoms with Gasteiger partial charge >= 0.3 is 15.6 Å². The Morgan fingerprint density at radius 3 is 2.48 bits per heavy atom. The molecular formula is C14H23F3O5S. The van der Waals surface area contributed by atoms with Crippen LogP contribution in [0.25, 0.3) is 0 Å². The molecule has 9 heteroatoms. The zero-order valence-electron chi connectivity index (χ0n) is 13.3. The third kappa shape index (κ3) is 6.68. The summed E-state index contributed by atoms with van der Waals surface area (Å²) < 4.78 is 74.4. The lowest BCUT2D eigenvalue weighted by Gasteiger charge is -2.27. The van der Waals surface area contributed by atoms with Crippen LogP contribution in [0.4, 0.5) is 13.2 Å². The van der Waals surface area contributed by atoms with Gasteiger partial charge in [-0.3, -0.25) is 0 Å². The first-order valence-corrected chi connectivity index (χ1v) is 8.86. The molecule has 0 aliphatic carbocycles. The molecule has 0 saturated carbocycles. The van der Waals surface area contributed by atoms with E-state index in [1.807, 2.05) is 13.8 Å². The highest BCUT2D eigenvalue weighted by molar-refractivity contribution is 7.87. The third-order valence-electron chi connectivity index (χ3n) is 3.33. The molecule has 1 heterocycles. The number of rotatable bonds is 8. The highest BCUT2D eigenvalue weighted by atomic mass is 32.2. The molecule has 2 atom stereocenters. The summed E-state index contributed by atoms with van der Waals surface area (Å²) >= 11 is 0. The maximum absolute atomic E-state index is 12.4. The molecular weight excluding hydrogens is 337 g/mol. The van der Waals surface area contributed by atoms with Crippen LogP contribution in [0.2, 0.25) is 0 Å². The van der Waals surface area contributed by atoms with Gasteiger partial charge in [-0.25, -0.2) is 0 Å². The second-order valence-electron chi connectivity index (χ2n) is 5.91. The Kier molecular flexibility index (Phi) is 7.34. The minimum atomic E-state index is -5.71. The highest BCUT2D eigenvalue weighted by Gasteiger charge is 2.49. The summed E-state index contributed by atoms with van der Waals surface area (Å²) in [5, 5.41) is 0. The first-order valence-electron chi connectivity index (χ1n) is 7.45. The SMILES string of the molecule is C=C(OS(=O)(=O)C(F)(F)F)C(COC1CCCCO1)CC(C)C. The fraction of sp³-hybridized carbons (Fsp3) is 0.857. The van der Waals surface area contributed by atoms with Crippen molar-refractivity contribution in [1.29, 1.82) is 0 Å². The van der Waals surface area contributed by atoms with E-state index in [0.29, 0.717) is 19.4 Å². The highest BCUT2D eigenvalue weighted by Crippen LogP contribution is 2.30. The predicted molar refractivity (Wildman–Crippen MR) is 77.7 cm³/mol. The molecule has 0 aromatic rings. The van der Waals surface area contributed by atoms with Crippen LogP contribution in [0.1, 0.15) is 39.5 Å². The summed E-state index contributed by atoms with van der Waals surface area (Å²) in [6.07, 6.45) is 2.54. The van der Waals surface area contributed by atoms with Crippen LogP contribution in [-0.4, -0.2) is 33.4 Å². The van der Waals surface area contributed by atoms with Crippen molar-refractivity contribution >= 4 is 10.1 Å². The van der Waals surface area contributed by atoms with Gasteiger partial charge in [0, 0.05) is 12.5 Å². The molecule has 0 bridgehead atoms. The van der Waals surface area contributed by atoms with E-state index in [1.54, 1.807) is 0 Å². The quantitative estimate of drug-likeness (QED) is 0.376. The smallest absolute Gasteiger partial charge is 0.381 e. The van der Waals surface area contributed by atoms with E-state index in [2.05, 4.69) is 10.8 Å². The van der Waals surface area contributed by atoms with Gasteiger partial charge in [0.25, 0.3) is 0 Å². The molecule has 1 aliphatic rings. The summed E-state index contributed by atoms with van der Waals surface area (Å²) in [6.45, 7) is 7.63. The average Bonchev–Trinajstić information content (AvgIpc) is 2.42. The summed E-state index contributed by atoms with van der Waals surface area (Å²) in [5.41, 5.74) is -5.48. The van der Waals surface area contributed by atoms with E-state index < -0.39 is 33.6 Å². The van der Waals surface area contributed by atoms with Gasteiger partial charge in [0.05, 0.1) is 6.61 Å². The Morgan fingerprint density at radius 2 is 2.00 bits per heavy atom. The fourth-order valence-corrected chi connectivity index (χ4v) is 2.70. The largest absolute Gasteiger partial charge is 0.534 e. The van der Waals surface area contributed by atoms with Crippen LogP contribution in [0.15, 0.2) is 12.3 Å². The van der Waals surface area contributed by atoms with Crippen molar-refractivity contribution in [2.75, 3.05) is 13.2 Å². The molecule has 0 radical (unpaired) electrons. The van der Waals surface area contributed by atoms with Gasteiger partial charge in [0.1, 0.15) is 5.76 Å². The predicted octanol–water partition coefficient (Wildman–Crippen LogP) is 3.57. The maximum atomic E-state index is 12.4. The average molecular weight is 360 g/mol. The molecule has 0 spiro atoms. The summed E-state index contributed by atoms with van der Waals surface area (Å²) in [7, 11) is -5.71. The summed E-state index contributed by atoms with van der Waals surface area (Å²) in [4.78, 5) is 0. The molecule has 136 valence electrons. The second kappa shape index (κ2) is 8.34. The Bertz CT molecular complexity index is 481. The lowest BCUT2D eigenvalue weighted by molar-refractivity contribution is -0.169. The Hall–Kier alpha value is -0.800. The standard InChI is InChI=1S/C14H23F3O5S/c1-10(2)8-12(9-21-13-6-4-5-7-20-13)11(3)22-23(18,19)14(15,16)17/h10,12-13H,3-9H2,1-2H3. The number of ether oxygens (including phenoxy) is 2. The van der Waals surface area contributed by atoms with Crippen LogP contribution in [-0.2, 0) is 23.8 Å². The fourth-order valence-electron chi connectivity index (χ4n) is 2.18. The number of hydrogen-bond acceptors (Lipinski definition) is 5. The Labute approximate surface area is 134 Å². The number of hydrogen-bond donors (Lipinski definition) is 0. The van der Waals surface area contributed by atoms with Crippen molar-refractivity contribution in [1.82, 2.24) is 0 Å². The van der Waals surface area contributed by atoms with Crippen LogP contribution in [0.5, 0.6) is 0 Å². The lowest BCUT2D eigenvalue weighted by Crippen LogP contribution is -2.29. The number of alkyl halides is 3. The molecule has 0 N–H and O–H groups in total. The minimum Gasteiger partial charge on any atom is -0.381 e. The second-order valence-corrected chi connectivity index (χ2v) is 7.44.